The summed E-state index contributed by atoms with van der Waals surface area (Å²) in [6, 6.07) is 3.80. The van der Waals surface area contributed by atoms with Crippen molar-refractivity contribution in [3.05, 3.63) is 28.5 Å². The Morgan fingerprint density at radius 3 is 3.24 bits per heavy atom. The molecule has 17 heavy (non-hydrogen) atoms. The average Bonchev–Trinajstić information content (AvgIpc) is 2.38. The molecule has 1 unspecified atom stereocenters. The Balaban J connectivity index is 2.21. The normalized spacial score (nSPS) is 20.4. The predicted octanol–water partition coefficient (Wildman–Crippen LogP) is 2.10. The molecule has 0 bridgehead atoms. The van der Waals surface area contributed by atoms with Gasteiger partial charge in [0.1, 0.15) is 5.69 Å². The van der Waals surface area contributed by atoms with Crippen molar-refractivity contribution >= 4 is 21.8 Å². The summed E-state index contributed by atoms with van der Waals surface area (Å²) in [5, 5.41) is 0. The number of carbonyl (C=O) groups excluding carboxylic acids is 1. The summed E-state index contributed by atoms with van der Waals surface area (Å²) in [5.74, 6) is -0.0207. The van der Waals surface area contributed by atoms with Crippen LogP contribution in [0.4, 0.5) is 0 Å². The zero-order chi connectivity index (χ0) is 12.3. The predicted molar refractivity (Wildman–Crippen MR) is 67.9 cm³/mol. The SMILES string of the molecule is CCC1COCCN1C(=O)c1ncccc1Br. The molecule has 0 aromatic carbocycles. The number of aromatic nitrogens is 1. The maximum absolute atomic E-state index is 12.4. The zero-order valence-electron chi connectivity index (χ0n) is 9.73. The fourth-order valence-corrected chi connectivity index (χ4v) is 2.36. The van der Waals surface area contributed by atoms with E-state index in [0.29, 0.717) is 25.5 Å². The number of morpholine rings is 1. The van der Waals surface area contributed by atoms with Crippen molar-refractivity contribution < 1.29 is 9.53 Å². The van der Waals surface area contributed by atoms with Gasteiger partial charge in [0, 0.05) is 17.2 Å². The quantitative estimate of drug-likeness (QED) is 0.840. The fourth-order valence-electron chi connectivity index (χ4n) is 1.94. The Hall–Kier alpha value is -0.940. The van der Waals surface area contributed by atoms with Gasteiger partial charge in [0.25, 0.3) is 5.91 Å². The Morgan fingerprint density at radius 2 is 2.53 bits per heavy atom. The van der Waals surface area contributed by atoms with Gasteiger partial charge in [0.15, 0.2) is 0 Å². The highest BCUT2D eigenvalue weighted by molar-refractivity contribution is 9.10. The lowest BCUT2D eigenvalue weighted by molar-refractivity contribution is -0.00315. The van der Waals surface area contributed by atoms with E-state index >= 15 is 0 Å². The number of pyridine rings is 1. The minimum atomic E-state index is -0.0207. The first kappa shape index (κ1) is 12.5. The third kappa shape index (κ3) is 2.66. The molecule has 1 aromatic heterocycles. The molecule has 1 fully saturated rings. The number of amides is 1. The number of nitrogens with zero attached hydrogens (tertiary/aromatic N) is 2. The summed E-state index contributed by atoms with van der Waals surface area (Å²) in [4.78, 5) is 18.4. The first-order valence-electron chi connectivity index (χ1n) is 5.73. The largest absolute Gasteiger partial charge is 0.377 e. The molecule has 92 valence electrons. The molecule has 0 radical (unpaired) electrons. The van der Waals surface area contributed by atoms with Gasteiger partial charge in [0.05, 0.1) is 19.3 Å². The highest BCUT2D eigenvalue weighted by Gasteiger charge is 2.28. The van der Waals surface area contributed by atoms with Gasteiger partial charge in [-0.25, -0.2) is 4.98 Å². The molecule has 0 N–H and O–H groups in total. The second-order valence-corrected chi connectivity index (χ2v) is 4.82. The first-order chi connectivity index (χ1) is 8.24. The van der Waals surface area contributed by atoms with Crippen LogP contribution in [0.2, 0.25) is 0 Å². The number of halogens is 1. The molecule has 2 rings (SSSR count). The highest BCUT2D eigenvalue weighted by atomic mass is 79.9. The average molecular weight is 299 g/mol. The van der Waals surface area contributed by atoms with E-state index in [1.165, 1.54) is 0 Å². The summed E-state index contributed by atoms with van der Waals surface area (Å²) in [7, 11) is 0. The van der Waals surface area contributed by atoms with Gasteiger partial charge in [-0.05, 0) is 34.5 Å². The van der Waals surface area contributed by atoms with Crippen LogP contribution in [0, 0.1) is 0 Å². The third-order valence-corrected chi connectivity index (χ3v) is 3.56. The number of hydrogen-bond acceptors (Lipinski definition) is 3. The van der Waals surface area contributed by atoms with E-state index < -0.39 is 0 Å². The van der Waals surface area contributed by atoms with Crippen molar-refractivity contribution in [3.63, 3.8) is 0 Å². The lowest BCUT2D eigenvalue weighted by Gasteiger charge is -2.34. The second kappa shape index (κ2) is 5.60. The molecule has 1 amide bonds. The van der Waals surface area contributed by atoms with Crippen molar-refractivity contribution in [1.29, 1.82) is 0 Å². The van der Waals surface area contributed by atoms with Crippen molar-refractivity contribution in [1.82, 2.24) is 9.88 Å². The summed E-state index contributed by atoms with van der Waals surface area (Å²) >= 11 is 3.36. The second-order valence-electron chi connectivity index (χ2n) is 3.97. The van der Waals surface area contributed by atoms with Crippen LogP contribution >= 0.6 is 15.9 Å². The van der Waals surface area contributed by atoms with Gasteiger partial charge in [-0.2, -0.15) is 0 Å². The summed E-state index contributed by atoms with van der Waals surface area (Å²) < 4.78 is 6.14. The van der Waals surface area contributed by atoms with Crippen LogP contribution in [0.3, 0.4) is 0 Å². The molecule has 0 spiro atoms. The minimum absolute atomic E-state index is 0.0207. The monoisotopic (exact) mass is 298 g/mol. The number of carbonyl (C=O) groups is 1. The van der Waals surface area contributed by atoms with E-state index in [-0.39, 0.29) is 11.9 Å². The topological polar surface area (TPSA) is 42.4 Å². The molecule has 1 aliphatic heterocycles. The number of rotatable bonds is 2. The lowest BCUT2D eigenvalue weighted by atomic mass is 10.1. The molecule has 1 aromatic rings. The smallest absolute Gasteiger partial charge is 0.274 e. The Bertz CT molecular complexity index is 411. The molecular formula is C12H15BrN2O2. The van der Waals surface area contributed by atoms with E-state index in [1.807, 2.05) is 11.0 Å². The number of hydrogen-bond donors (Lipinski definition) is 0. The van der Waals surface area contributed by atoms with Crippen molar-refractivity contribution in [2.24, 2.45) is 0 Å². The van der Waals surface area contributed by atoms with E-state index in [4.69, 9.17) is 4.74 Å². The molecule has 1 atom stereocenters. The fraction of sp³-hybridized carbons (Fsp3) is 0.500. The van der Waals surface area contributed by atoms with Gasteiger partial charge in [-0.3, -0.25) is 4.79 Å². The lowest BCUT2D eigenvalue weighted by Crippen LogP contribution is -2.48. The van der Waals surface area contributed by atoms with Crippen LogP contribution in [-0.4, -0.2) is 41.6 Å². The molecule has 0 aliphatic carbocycles. The molecule has 4 nitrogen and oxygen atoms in total. The van der Waals surface area contributed by atoms with Gasteiger partial charge in [-0.15, -0.1) is 0 Å². The Labute approximate surface area is 109 Å². The van der Waals surface area contributed by atoms with Crippen LogP contribution in [0.15, 0.2) is 22.8 Å². The van der Waals surface area contributed by atoms with Gasteiger partial charge >= 0.3 is 0 Å². The molecular weight excluding hydrogens is 284 g/mol. The Morgan fingerprint density at radius 1 is 1.71 bits per heavy atom. The van der Waals surface area contributed by atoms with Crippen molar-refractivity contribution in [2.45, 2.75) is 19.4 Å². The molecule has 1 aliphatic rings. The Kier molecular flexibility index (Phi) is 4.12. The van der Waals surface area contributed by atoms with Crippen LogP contribution in [0.25, 0.3) is 0 Å². The van der Waals surface area contributed by atoms with Crippen LogP contribution in [-0.2, 0) is 4.74 Å². The van der Waals surface area contributed by atoms with Crippen molar-refractivity contribution in [3.8, 4) is 0 Å². The van der Waals surface area contributed by atoms with E-state index in [0.717, 1.165) is 10.9 Å². The zero-order valence-corrected chi connectivity index (χ0v) is 11.3. The van der Waals surface area contributed by atoms with Crippen LogP contribution < -0.4 is 0 Å². The van der Waals surface area contributed by atoms with Gasteiger partial charge in [-0.1, -0.05) is 6.92 Å². The van der Waals surface area contributed by atoms with E-state index in [2.05, 4.69) is 27.8 Å². The van der Waals surface area contributed by atoms with E-state index in [9.17, 15) is 4.79 Å². The molecule has 2 heterocycles. The maximum Gasteiger partial charge on any atom is 0.274 e. The molecule has 5 heteroatoms. The molecule has 1 saturated heterocycles. The van der Waals surface area contributed by atoms with Crippen LogP contribution in [0.5, 0.6) is 0 Å². The molecule has 0 saturated carbocycles. The maximum atomic E-state index is 12.4. The van der Waals surface area contributed by atoms with Gasteiger partial charge < -0.3 is 9.64 Å². The van der Waals surface area contributed by atoms with Crippen LogP contribution in [0.1, 0.15) is 23.8 Å². The summed E-state index contributed by atoms with van der Waals surface area (Å²) in [6.45, 7) is 3.92. The first-order valence-corrected chi connectivity index (χ1v) is 6.52. The third-order valence-electron chi connectivity index (χ3n) is 2.92. The van der Waals surface area contributed by atoms with E-state index in [1.54, 1.807) is 12.3 Å². The number of ether oxygens (including phenoxy) is 1. The summed E-state index contributed by atoms with van der Waals surface area (Å²) in [5.41, 5.74) is 0.479. The van der Waals surface area contributed by atoms with Crippen molar-refractivity contribution in [2.75, 3.05) is 19.8 Å². The minimum Gasteiger partial charge on any atom is -0.377 e. The standard InChI is InChI=1S/C12H15BrN2O2/c1-2-9-8-17-7-6-15(9)12(16)11-10(13)4-3-5-14-11/h3-5,9H,2,6-8H2,1H3. The van der Waals surface area contributed by atoms with Gasteiger partial charge in [0.2, 0.25) is 0 Å². The summed E-state index contributed by atoms with van der Waals surface area (Å²) in [6.07, 6.45) is 2.54. The highest BCUT2D eigenvalue weighted by Crippen LogP contribution is 2.19.